The molecule has 0 saturated carbocycles. The van der Waals surface area contributed by atoms with Gasteiger partial charge in [0.25, 0.3) is 5.91 Å². The Morgan fingerprint density at radius 3 is 2.59 bits per heavy atom. The van der Waals surface area contributed by atoms with Gasteiger partial charge in [0.15, 0.2) is 0 Å². The number of nitrogens with zero attached hydrogens (tertiary/aromatic N) is 4. The summed E-state index contributed by atoms with van der Waals surface area (Å²) in [5.74, 6) is 0.252. The van der Waals surface area contributed by atoms with Crippen LogP contribution in [0.25, 0.3) is 11.4 Å². The van der Waals surface area contributed by atoms with Crippen LogP contribution in [0, 0.1) is 13.8 Å². The normalized spacial score (nSPS) is 10.7. The highest BCUT2D eigenvalue weighted by Gasteiger charge is 2.15. The Balaban J connectivity index is 1.84. The van der Waals surface area contributed by atoms with E-state index in [1.165, 1.54) is 4.68 Å². The molecule has 0 atom stereocenters. The number of rotatable bonds is 6. The molecule has 1 aromatic carbocycles. The smallest absolute Gasteiger partial charge is 0.269 e. The van der Waals surface area contributed by atoms with Gasteiger partial charge in [-0.05, 0) is 49.2 Å². The summed E-state index contributed by atoms with van der Waals surface area (Å²) in [6.07, 6.45) is 1.66. The minimum absolute atomic E-state index is 0.218. The molecule has 0 aliphatic rings. The van der Waals surface area contributed by atoms with Gasteiger partial charge in [-0.3, -0.25) is 9.48 Å². The Hall–Kier alpha value is -3.26. The van der Waals surface area contributed by atoms with Gasteiger partial charge in [0.2, 0.25) is 5.95 Å². The monoisotopic (exact) mass is 365 g/mol. The molecule has 0 bridgehead atoms. The first-order valence-corrected chi connectivity index (χ1v) is 8.67. The van der Waals surface area contributed by atoms with E-state index >= 15 is 0 Å². The van der Waals surface area contributed by atoms with E-state index in [-0.39, 0.29) is 5.91 Å². The standard InChI is InChI=1S/C19H23N7O/c1-12-8-13(2)10-14(9-12)23-19-22-6-4-15(24-19)16-11-17(26(3)25-16)18(27)21-7-5-20/h4,6,8-11H,5,7,20H2,1-3H3,(H,21,27)(H,22,23,24). The molecule has 0 aliphatic carbocycles. The van der Waals surface area contributed by atoms with Crippen LogP contribution in [0.3, 0.4) is 0 Å². The summed E-state index contributed by atoms with van der Waals surface area (Å²) in [6, 6.07) is 9.63. The first kappa shape index (κ1) is 18.5. The molecule has 0 radical (unpaired) electrons. The lowest BCUT2D eigenvalue weighted by Crippen LogP contribution is -2.30. The SMILES string of the molecule is Cc1cc(C)cc(Nc2nccc(-c3cc(C(=O)NCCN)n(C)n3)n2)c1. The molecule has 1 amide bonds. The lowest BCUT2D eigenvalue weighted by molar-refractivity contribution is 0.0945. The number of hydrogen-bond acceptors (Lipinski definition) is 6. The number of amides is 1. The van der Waals surface area contributed by atoms with Gasteiger partial charge in [0, 0.05) is 32.0 Å². The number of anilines is 2. The number of nitrogens with one attached hydrogen (secondary N) is 2. The molecule has 0 saturated heterocycles. The van der Waals surface area contributed by atoms with Crippen LogP contribution in [0.1, 0.15) is 21.6 Å². The van der Waals surface area contributed by atoms with Crippen LogP contribution in [0.4, 0.5) is 11.6 Å². The van der Waals surface area contributed by atoms with Gasteiger partial charge in [-0.1, -0.05) is 6.07 Å². The Morgan fingerprint density at radius 2 is 1.89 bits per heavy atom. The number of carbonyl (C=O) groups excluding carboxylic acids is 1. The van der Waals surface area contributed by atoms with Crippen molar-refractivity contribution in [1.82, 2.24) is 25.1 Å². The third-order valence-electron chi connectivity index (χ3n) is 3.94. The average molecular weight is 365 g/mol. The maximum absolute atomic E-state index is 12.2. The van der Waals surface area contributed by atoms with Gasteiger partial charge in [-0.15, -0.1) is 0 Å². The molecule has 27 heavy (non-hydrogen) atoms. The van der Waals surface area contributed by atoms with Gasteiger partial charge in [-0.25, -0.2) is 9.97 Å². The second kappa shape index (κ2) is 7.96. The van der Waals surface area contributed by atoms with E-state index in [1.54, 1.807) is 25.4 Å². The average Bonchev–Trinajstić information content (AvgIpc) is 3.01. The fraction of sp³-hybridized carbons (Fsp3) is 0.263. The van der Waals surface area contributed by atoms with Crippen molar-refractivity contribution in [3.63, 3.8) is 0 Å². The molecule has 2 heterocycles. The first-order valence-electron chi connectivity index (χ1n) is 8.67. The lowest BCUT2D eigenvalue weighted by atomic mass is 10.1. The van der Waals surface area contributed by atoms with Crippen molar-refractivity contribution < 1.29 is 4.79 Å². The number of aromatic nitrogens is 4. The highest BCUT2D eigenvalue weighted by Crippen LogP contribution is 2.21. The minimum atomic E-state index is -0.218. The van der Waals surface area contributed by atoms with E-state index in [0.717, 1.165) is 16.8 Å². The van der Waals surface area contributed by atoms with Crippen molar-refractivity contribution in [3.05, 3.63) is 53.3 Å². The minimum Gasteiger partial charge on any atom is -0.349 e. The summed E-state index contributed by atoms with van der Waals surface area (Å²) in [5.41, 5.74) is 10.3. The van der Waals surface area contributed by atoms with Crippen molar-refractivity contribution in [2.45, 2.75) is 13.8 Å². The van der Waals surface area contributed by atoms with Gasteiger partial charge >= 0.3 is 0 Å². The topological polar surface area (TPSA) is 111 Å². The predicted molar refractivity (Wildman–Crippen MR) is 105 cm³/mol. The van der Waals surface area contributed by atoms with E-state index in [4.69, 9.17) is 5.73 Å². The molecule has 4 N–H and O–H groups in total. The van der Waals surface area contributed by atoms with Gasteiger partial charge < -0.3 is 16.4 Å². The van der Waals surface area contributed by atoms with Gasteiger partial charge in [0.1, 0.15) is 11.4 Å². The Bertz CT molecular complexity index is 944. The molecule has 8 heteroatoms. The summed E-state index contributed by atoms with van der Waals surface area (Å²) < 4.78 is 1.53. The lowest BCUT2D eigenvalue weighted by Gasteiger charge is -2.07. The summed E-state index contributed by atoms with van der Waals surface area (Å²) in [7, 11) is 1.72. The zero-order valence-electron chi connectivity index (χ0n) is 15.7. The molecule has 3 rings (SSSR count). The molecule has 2 aromatic heterocycles. The van der Waals surface area contributed by atoms with Crippen LogP contribution < -0.4 is 16.4 Å². The highest BCUT2D eigenvalue weighted by atomic mass is 16.2. The molecule has 3 aromatic rings. The van der Waals surface area contributed by atoms with E-state index in [0.29, 0.717) is 36.1 Å². The number of carbonyl (C=O) groups is 1. The van der Waals surface area contributed by atoms with E-state index in [2.05, 4.69) is 31.8 Å². The van der Waals surface area contributed by atoms with Crippen LogP contribution in [-0.2, 0) is 7.05 Å². The van der Waals surface area contributed by atoms with Crippen molar-refractivity contribution in [3.8, 4) is 11.4 Å². The zero-order valence-corrected chi connectivity index (χ0v) is 15.7. The molecule has 0 aliphatic heterocycles. The fourth-order valence-electron chi connectivity index (χ4n) is 2.82. The zero-order chi connectivity index (χ0) is 19.4. The maximum Gasteiger partial charge on any atom is 0.269 e. The highest BCUT2D eigenvalue weighted by molar-refractivity contribution is 5.93. The molecule has 0 spiro atoms. The molecular weight excluding hydrogens is 342 g/mol. The van der Waals surface area contributed by atoms with Gasteiger partial charge in [0.05, 0.1) is 5.69 Å². The van der Waals surface area contributed by atoms with Crippen LogP contribution in [-0.4, -0.2) is 38.7 Å². The Morgan fingerprint density at radius 1 is 1.15 bits per heavy atom. The van der Waals surface area contributed by atoms with Crippen LogP contribution in [0.2, 0.25) is 0 Å². The maximum atomic E-state index is 12.2. The van der Waals surface area contributed by atoms with E-state index in [1.807, 2.05) is 26.0 Å². The van der Waals surface area contributed by atoms with Crippen LogP contribution in [0.5, 0.6) is 0 Å². The number of hydrogen-bond donors (Lipinski definition) is 3. The van der Waals surface area contributed by atoms with Crippen molar-refractivity contribution in [2.24, 2.45) is 12.8 Å². The largest absolute Gasteiger partial charge is 0.349 e. The van der Waals surface area contributed by atoms with E-state index in [9.17, 15) is 4.79 Å². The van der Waals surface area contributed by atoms with Crippen molar-refractivity contribution in [1.29, 1.82) is 0 Å². The third-order valence-corrected chi connectivity index (χ3v) is 3.94. The van der Waals surface area contributed by atoms with Gasteiger partial charge in [-0.2, -0.15) is 5.10 Å². The van der Waals surface area contributed by atoms with Crippen molar-refractivity contribution in [2.75, 3.05) is 18.4 Å². The number of benzene rings is 1. The van der Waals surface area contributed by atoms with Crippen LogP contribution >= 0.6 is 0 Å². The number of aryl methyl sites for hydroxylation is 3. The molecule has 8 nitrogen and oxygen atoms in total. The molecular formula is C19H23N7O. The Labute approximate surface area is 157 Å². The second-order valence-corrected chi connectivity index (χ2v) is 6.35. The third kappa shape index (κ3) is 4.48. The fourth-order valence-corrected chi connectivity index (χ4v) is 2.82. The summed E-state index contributed by atoms with van der Waals surface area (Å²) >= 11 is 0. The summed E-state index contributed by atoms with van der Waals surface area (Å²) in [5, 5.41) is 10.3. The molecule has 0 fully saturated rings. The van der Waals surface area contributed by atoms with Crippen molar-refractivity contribution >= 4 is 17.5 Å². The molecule has 0 unspecified atom stereocenters. The van der Waals surface area contributed by atoms with E-state index < -0.39 is 0 Å². The Kier molecular flexibility index (Phi) is 5.46. The first-order chi connectivity index (χ1) is 13.0. The second-order valence-electron chi connectivity index (χ2n) is 6.35. The quantitative estimate of drug-likeness (QED) is 0.615. The summed E-state index contributed by atoms with van der Waals surface area (Å²) in [6.45, 7) is 4.88. The number of nitrogens with two attached hydrogens (primary N) is 1. The van der Waals surface area contributed by atoms with Crippen LogP contribution in [0.15, 0.2) is 36.5 Å². The summed E-state index contributed by atoms with van der Waals surface area (Å²) in [4.78, 5) is 21.0. The molecule has 140 valence electrons. The predicted octanol–water partition coefficient (Wildman–Crippen LogP) is 1.93.